The third-order valence-corrected chi connectivity index (χ3v) is 5.30. The van der Waals surface area contributed by atoms with E-state index in [1.54, 1.807) is 41.6 Å². The van der Waals surface area contributed by atoms with Crippen LogP contribution in [0.25, 0.3) is 5.65 Å². The summed E-state index contributed by atoms with van der Waals surface area (Å²) in [5.41, 5.74) is 1.13. The number of hydrogen-bond acceptors (Lipinski definition) is 8. The highest BCUT2D eigenvalue weighted by Gasteiger charge is 2.34. The standard InChI is InChI=1S/C21H21N5O5/c1-29-21(28)19-23-17-6-4-14(11-26(17)24-19)25-9-8-16(20(25)27)31-15-5-7-18(22-10-15)30-12-13-2-3-13/h4-7,10-11,13,16H,2-3,8-9,12H2,1H3. The van der Waals surface area contributed by atoms with Crippen LogP contribution in [0.15, 0.2) is 36.7 Å². The molecule has 0 aromatic carbocycles. The molecule has 3 aromatic heterocycles. The lowest BCUT2D eigenvalue weighted by Gasteiger charge is -2.17. The number of nitrogens with zero attached hydrogens (tertiary/aromatic N) is 5. The third-order valence-electron chi connectivity index (χ3n) is 5.30. The van der Waals surface area contributed by atoms with E-state index in [1.807, 2.05) is 0 Å². The van der Waals surface area contributed by atoms with Gasteiger partial charge < -0.3 is 19.1 Å². The first kappa shape index (κ1) is 19.3. The molecule has 1 saturated heterocycles. The van der Waals surface area contributed by atoms with Gasteiger partial charge in [-0.25, -0.2) is 19.3 Å². The van der Waals surface area contributed by atoms with Crippen molar-refractivity contribution >= 4 is 23.2 Å². The summed E-state index contributed by atoms with van der Waals surface area (Å²) in [5.74, 6) is 0.934. The first-order valence-electron chi connectivity index (χ1n) is 10.1. The van der Waals surface area contributed by atoms with Gasteiger partial charge in [-0.1, -0.05) is 0 Å². The van der Waals surface area contributed by atoms with Crippen LogP contribution in [-0.4, -0.2) is 57.8 Å². The number of fused-ring (bicyclic) bond motifs is 1. The van der Waals surface area contributed by atoms with Gasteiger partial charge >= 0.3 is 5.97 Å². The van der Waals surface area contributed by atoms with E-state index < -0.39 is 12.1 Å². The maximum atomic E-state index is 12.9. The zero-order valence-electron chi connectivity index (χ0n) is 16.9. The number of rotatable bonds is 7. The normalized spacial score (nSPS) is 18.4. The summed E-state index contributed by atoms with van der Waals surface area (Å²) in [6, 6.07) is 6.98. The average molecular weight is 423 g/mol. The summed E-state index contributed by atoms with van der Waals surface area (Å²) in [5, 5.41) is 4.11. The Labute approximate surface area is 177 Å². The Bertz CT molecular complexity index is 1120. The Balaban J connectivity index is 1.25. The minimum absolute atomic E-state index is 0.0364. The zero-order chi connectivity index (χ0) is 21.4. The van der Waals surface area contributed by atoms with E-state index in [9.17, 15) is 9.59 Å². The molecule has 1 saturated carbocycles. The number of aromatic nitrogens is 4. The molecule has 3 aromatic rings. The van der Waals surface area contributed by atoms with Crippen LogP contribution in [0.3, 0.4) is 0 Å². The van der Waals surface area contributed by atoms with Crippen LogP contribution in [-0.2, 0) is 9.53 Å². The molecule has 5 rings (SSSR count). The third kappa shape index (κ3) is 4.00. The SMILES string of the molecule is COC(=O)c1nc2ccc(N3CCC(Oc4ccc(OCC5CC5)nc4)C3=O)cn2n1. The number of carbonyl (C=O) groups excluding carboxylic acids is 2. The van der Waals surface area contributed by atoms with Crippen molar-refractivity contribution in [3.8, 4) is 11.6 Å². The largest absolute Gasteiger partial charge is 0.479 e. The minimum atomic E-state index is -0.617. The first-order valence-corrected chi connectivity index (χ1v) is 10.1. The van der Waals surface area contributed by atoms with Gasteiger partial charge in [0.15, 0.2) is 11.8 Å². The van der Waals surface area contributed by atoms with E-state index in [2.05, 4.69) is 19.8 Å². The summed E-state index contributed by atoms with van der Waals surface area (Å²) < 4.78 is 17.6. The minimum Gasteiger partial charge on any atom is -0.479 e. The number of ether oxygens (including phenoxy) is 3. The van der Waals surface area contributed by atoms with Crippen molar-refractivity contribution in [1.82, 2.24) is 19.6 Å². The molecule has 10 nitrogen and oxygen atoms in total. The van der Waals surface area contributed by atoms with Crippen LogP contribution < -0.4 is 14.4 Å². The van der Waals surface area contributed by atoms with Crippen LogP contribution >= 0.6 is 0 Å². The van der Waals surface area contributed by atoms with E-state index in [0.717, 1.165) is 0 Å². The molecule has 1 amide bonds. The molecule has 0 N–H and O–H groups in total. The maximum absolute atomic E-state index is 12.9. The van der Waals surface area contributed by atoms with Crippen LogP contribution in [0.2, 0.25) is 0 Å². The van der Waals surface area contributed by atoms with Crippen molar-refractivity contribution in [3.63, 3.8) is 0 Å². The summed E-state index contributed by atoms with van der Waals surface area (Å²) in [7, 11) is 1.27. The lowest BCUT2D eigenvalue weighted by Crippen LogP contribution is -2.32. The highest BCUT2D eigenvalue weighted by molar-refractivity contribution is 5.99. The van der Waals surface area contributed by atoms with Gasteiger partial charge in [-0.05, 0) is 37.0 Å². The Hall–Kier alpha value is -3.69. The number of carbonyl (C=O) groups is 2. The van der Waals surface area contributed by atoms with E-state index in [1.165, 1.54) is 24.5 Å². The van der Waals surface area contributed by atoms with Gasteiger partial charge in [0, 0.05) is 19.0 Å². The van der Waals surface area contributed by atoms with Gasteiger partial charge in [-0.15, -0.1) is 5.10 Å². The number of esters is 1. The predicted molar refractivity (Wildman–Crippen MR) is 108 cm³/mol. The predicted octanol–water partition coefficient (Wildman–Crippen LogP) is 1.88. The highest BCUT2D eigenvalue weighted by Crippen LogP contribution is 2.30. The fourth-order valence-electron chi connectivity index (χ4n) is 3.40. The fraction of sp³-hybridized carbons (Fsp3) is 0.381. The monoisotopic (exact) mass is 423 g/mol. The second-order valence-corrected chi connectivity index (χ2v) is 7.59. The Morgan fingerprint density at radius 3 is 2.81 bits per heavy atom. The number of amides is 1. The molecule has 10 heteroatoms. The Kier molecular flexibility index (Phi) is 4.89. The molecular formula is C21H21N5O5. The second kappa shape index (κ2) is 7.86. The Morgan fingerprint density at radius 2 is 2.06 bits per heavy atom. The van der Waals surface area contributed by atoms with E-state index in [0.29, 0.717) is 48.5 Å². The van der Waals surface area contributed by atoms with Gasteiger partial charge in [0.25, 0.3) is 11.7 Å². The molecule has 1 atom stereocenters. The molecule has 160 valence electrons. The molecule has 1 aliphatic heterocycles. The maximum Gasteiger partial charge on any atom is 0.377 e. The average Bonchev–Trinajstić information content (AvgIpc) is 3.42. The van der Waals surface area contributed by atoms with Crippen molar-refractivity contribution in [2.24, 2.45) is 5.92 Å². The van der Waals surface area contributed by atoms with Crippen molar-refractivity contribution in [2.75, 3.05) is 25.2 Å². The van der Waals surface area contributed by atoms with Crippen LogP contribution in [0, 0.1) is 5.92 Å². The summed E-state index contributed by atoms with van der Waals surface area (Å²) in [4.78, 5) is 34.5. The number of pyridine rings is 2. The molecule has 2 aliphatic rings. The highest BCUT2D eigenvalue weighted by atomic mass is 16.5. The number of anilines is 1. The summed E-state index contributed by atoms with van der Waals surface area (Å²) in [6.07, 6.45) is 5.62. The molecule has 4 heterocycles. The van der Waals surface area contributed by atoms with Crippen molar-refractivity contribution < 1.29 is 23.8 Å². The quantitative estimate of drug-likeness (QED) is 0.530. The van der Waals surface area contributed by atoms with E-state index in [-0.39, 0.29) is 11.7 Å². The van der Waals surface area contributed by atoms with Crippen LogP contribution in [0.4, 0.5) is 5.69 Å². The second-order valence-electron chi connectivity index (χ2n) is 7.59. The van der Waals surface area contributed by atoms with Crippen LogP contribution in [0.1, 0.15) is 29.9 Å². The molecular weight excluding hydrogens is 402 g/mol. The molecule has 0 bridgehead atoms. The number of methoxy groups -OCH3 is 1. The topological polar surface area (TPSA) is 108 Å². The zero-order valence-corrected chi connectivity index (χ0v) is 16.9. The van der Waals surface area contributed by atoms with Crippen LogP contribution in [0.5, 0.6) is 11.6 Å². The van der Waals surface area contributed by atoms with Gasteiger partial charge in [-0.3, -0.25) is 4.79 Å². The van der Waals surface area contributed by atoms with E-state index in [4.69, 9.17) is 9.47 Å². The van der Waals surface area contributed by atoms with Gasteiger partial charge in [0.05, 0.1) is 31.8 Å². The van der Waals surface area contributed by atoms with E-state index >= 15 is 0 Å². The van der Waals surface area contributed by atoms with Gasteiger partial charge in [0.2, 0.25) is 5.88 Å². The lowest BCUT2D eigenvalue weighted by molar-refractivity contribution is -0.122. The van der Waals surface area contributed by atoms with Gasteiger partial charge in [0.1, 0.15) is 5.75 Å². The molecule has 0 spiro atoms. The first-order chi connectivity index (χ1) is 15.1. The fourth-order valence-corrected chi connectivity index (χ4v) is 3.40. The van der Waals surface area contributed by atoms with Gasteiger partial charge in [-0.2, -0.15) is 0 Å². The molecule has 31 heavy (non-hydrogen) atoms. The summed E-state index contributed by atoms with van der Waals surface area (Å²) >= 11 is 0. The lowest BCUT2D eigenvalue weighted by atomic mass is 10.3. The molecule has 0 radical (unpaired) electrons. The molecule has 1 aliphatic carbocycles. The smallest absolute Gasteiger partial charge is 0.377 e. The number of hydrogen-bond donors (Lipinski definition) is 0. The van der Waals surface area contributed by atoms with Crippen molar-refractivity contribution in [2.45, 2.75) is 25.4 Å². The van der Waals surface area contributed by atoms with Crippen molar-refractivity contribution in [1.29, 1.82) is 0 Å². The summed E-state index contributed by atoms with van der Waals surface area (Å²) in [6.45, 7) is 1.20. The Morgan fingerprint density at radius 1 is 1.19 bits per heavy atom. The van der Waals surface area contributed by atoms with Crippen molar-refractivity contribution in [3.05, 3.63) is 42.5 Å². The molecule has 2 fully saturated rings. The molecule has 1 unspecified atom stereocenters.